The quantitative estimate of drug-likeness (QED) is 0.559. The largest absolute Gasteiger partial charge is 0.493 e. The van der Waals surface area contributed by atoms with Crippen molar-refractivity contribution >= 4 is 11.8 Å². The Hall–Kier alpha value is -3.54. The maximum absolute atomic E-state index is 13.0. The molecule has 1 aliphatic carbocycles. The van der Waals surface area contributed by atoms with Gasteiger partial charge in [-0.1, -0.05) is 35.9 Å². The van der Waals surface area contributed by atoms with Crippen LogP contribution < -0.4 is 9.47 Å². The fourth-order valence-corrected chi connectivity index (χ4v) is 4.29. The minimum Gasteiger partial charge on any atom is -0.493 e. The number of rotatable bonds is 6. The molecule has 0 unspecified atom stereocenters. The summed E-state index contributed by atoms with van der Waals surface area (Å²) in [4.78, 5) is 28.9. The van der Waals surface area contributed by atoms with E-state index in [9.17, 15) is 9.59 Å². The number of aromatic nitrogens is 1. The van der Waals surface area contributed by atoms with Gasteiger partial charge in [0.05, 0.1) is 14.2 Å². The van der Waals surface area contributed by atoms with Crippen molar-refractivity contribution in [1.29, 1.82) is 0 Å². The first kappa shape index (κ1) is 21.7. The van der Waals surface area contributed by atoms with Gasteiger partial charge in [0, 0.05) is 17.7 Å². The summed E-state index contributed by atoms with van der Waals surface area (Å²) in [7, 11) is 3.18. The number of carbonyl (C=O) groups excluding carboxylic acids is 2. The van der Waals surface area contributed by atoms with Crippen molar-refractivity contribution in [3.8, 4) is 11.5 Å². The predicted molar refractivity (Wildman–Crippen MR) is 121 cm³/mol. The molecule has 0 spiro atoms. The van der Waals surface area contributed by atoms with Gasteiger partial charge in [-0.05, 0) is 55.0 Å². The molecule has 1 heterocycles. The standard InChI is InChI=1S/C26H27NO5/c1-15-5-7-17(8-6-15)14-32-26(29)25-16(2)24-20(27-25)11-19(12-21(24)28)18-9-10-22(30-3)23(13-18)31-4/h5-10,13,19,27H,11-12,14H2,1-4H3/t19-/m0/s1. The van der Waals surface area contributed by atoms with E-state index in [1.807, 2.05) is 49.4 Å². The van der Waals surface area contributed by atoms with E-state index in [0.29, 0.717) is 41.2 Å². The molecule has 32 heavy (non-hydrogen) atoms. The van der Waals surface area contributed by atoms with Crippen LogP contribution >= 0.6 is 0 Å². The normalized spacial score (nSPS) is 15.2. The first-order valence-electron chi connectivity index (χ1n) is 10.6. The van der Waals surface area contributed by atoms with Crippen LogP contribution in [-0.2, 0) is 17.8 Å². The van der Waals surface area contributed by atoms with Crippen LogP contribution in [0.4, 0.5) is 0 Å². The highest BCUT2D eigenvalue weighted by Crippen LogP contribution is 2.38. The zero-order chi connectivity index (χ0) is 22.8. The van der Waals surface area contributed by atoms with Crippen LogP contribution in [0.5, 0.6) is 11.5 Å². The molecule has 0 saturated carbocycles. The van der Waals surface area contributed by atoms with Crippen LogP contribution in [0.2, 0.25) is 0 Å². The number of esters is 1. The number of H-pyrrole nitrogens is 1. The number of nitrogens with one attached hydrogen (secondary N) is 1. The summed E-state index contributed by atoms with van der Waals surface area (Å²) in [5.74, 6) is 0.842. The minimum absolute atomic E-state index is 0.00992. The maximum Gasteiger partial charge on any atom is 0.355 e. The lowest BCUT2D eigenvalue weighted by molar-refractivity contribution is 0.0465. The van der Waals surface area contributed by atoms with E-state index in [1.54, 1.807) is 21.1 Å². The van der Waals surface area contributed by atoms with E-state index in [2.05, 4.69) is 4.98 Å². The molecule has 0 radical (unpaired) electrons. The van der Waals surface area contributed by atoms with Crippen molar-refractivity contribution < 1.29 is 23.8 Å². The minimum atomic E-state index is -0.451. The van der Waals surface area contributed by atoms with Crippen molar-refractivity contribution in [2.75, 3.05) is 14.2 Å². The molecule has 3 aromatic rings. The first-order valence-corrected chi connectivity index (χ1v) is 10.6. The number of fused-ring (bicyclic) bond motifs is 1. The van der Waals surface area contributed by atoms with Gasteiger partial charge in [-0.3, -0.25) is 4.79 Å². The zero-order valence-electron chi connectivity index (χ0n) is 18.8. The number of ketones is 1. The molecule has 6 nitrogen and oxygen atoms in total. The smallest absolute Gasteiger partial charge is 0.355 e. The molecule has 6 heteroatoms. The summed E-state index contributed by atoms with van der Waals surface area (Å²) >= 11 is 0. The van der Waals surface area contributed by atoms with Crippen molar-refractivity contribution in [2.24, 2.45) is 0 Å². The zero-order valence-corrected chi connectivity index (χ0v) is 18.8. The van der Waals surface area contributed by atoms with Crippen molar-refractivity contribution in [3.05, 3.63) is 81.7 Å². The number of carbonyl (C=O) groups is 2. The fraction of sp³-hybridized carbons (Fsp3) is 0.308. The van der Waals surface area contributed by atoms with Gasteiger partial charge in [0.25, 0.3) is 0 Å². The predicted octanol–water partition coefficient (Wildman–Crippen LogP) is 4.92. The summed E-state index contributed by atoms with van der Waals surface area (Å²) in [6.07, 6.45) is 1.00. The summed E-state index contributed by atoms with van der Waals surface area (Å²) in [5, 5.41) is 0. The lowest BCUT2D eigenvalue weighted by atomic mass is 9.81. The second-order valence-corrected chi connectivity index (χ2v) is 8.18. The van der Waals surface area contributed by atoms with Gasteiger partial charge < -0.3 is 19.2 Å². The maximum atomic E-state index is 13.0. The molecule has 1 aromatic heterocycles. The molecule has 1 aliphatic rings. The second-order valence-electron chi connectivity index (χ2n) is 8.18. The third-order valence-corrected chi connectivity index (χ3v) is 6.06. The van der Waals surface area contributed by atoms with Crippen molar-refractivity contribution in [2.45, 2.75) is 39.2 Å². The Morgan fingerprint density at radius 1 is 1.00 bits per heavy atom. The highest BCUT2D eigenvalue weighted by Gasteiger charge is 2.32. The first-order chi connectivity index (χ1) is 15.4. The van der Waals surface area contributed by atoms with Gasteiger partial charge in [0.15, 0.2) is 17.3 Å². The van der Waals surface area contributed by atoms with E-state index >= 15 is 0 Å². The van der Waals surface area contributed by atoms with Crippen molar-refractivity contribution in [3.63, 3.8) is 0 Å². The van der Waals surface area contributed by atoms with Crippen LogP contribution in [0, 0.1) is 13.8 Å². The Balaban J connectivity index is 1.54. The molecule has 1 N–H and O–H groups in total. The second kappa shape index (κ2) is 8.91. The lowest BCUT2D eigenvalue weighted by Gasteiger charge is -2.23. The molecule has 0 aliphatic heterocycles. The summed E-state index contributed by atoms with van der Waals surface area (Å²) in [6.45, 7) is 3.99. The third-order valence-electron chi connectivity index (χ3n) is 6.06. The summed E-state index contributed by atoms with van der Waals surface area (Å²) in [6, 6.07) is 13.6. The number of ether oxygens (including phenoxy) is 3. The number of methoxy groups -OCH3 is 2. The van der Waals surface area contributed by atoms with Crippen LogP contribution in [0.25, 0.3) is 0 Å². The molecule has 166 valence electrons. The number of benzene rings is 2. The molecule has 4 rings (SSSR count). The van der Waals surface area contributed by atoms with Gasteiger partial charge in [0.2, 0.25) is 0 Å². The molecule has 0 fully saturated rings. The molecular weight excluding hydrogens is 406 g/mol. The van der Waals surface area contributed by atoms with E-state index in [1.165, 1.54) is 0 Å². The third kappa shape index (κ3) is 4.13. The van der Waals surface area contributed by atoms with Gasteiger partial charge in [-0.25, -0.2) is 4.79 Å². The topological polar surface area (TPSA) is 77.6 Å². The molecule has 1 atom stereocenters. The summed E-state index contributed by atoms with van der Waals surface area (Å²) in [5.41, 5.74) is 5.47. The SMILES string of the molecule is COc1ccc([C@@H]2CC(=O)c3c([nH]c(C(=O)OCc4ccc(C)cc4)c3C)C2)cc1OC. The summed E-state index contributed by atoms with van der Waals surface area (Å²) < 4.78 is 16.2. The molecule has 0 saturated heterocycles. The highest BCUT2D eigenvalue weighted by atomic mass is 16.5. The Labute approximate surface area is 187 Å². The van der Waals surface area contributed by atoms with E-state index < -0.39 is 5.97 Å². The molecule has 0 bridgehead atoms. The average Bonchev–Trinajstić information content (AvgIpc) is 3.14. The van der Waals surface area contributed by atoms with E-state index in [-0.39, 0.29) is 18.3 Å². The van der Waals surface area contributed by atoms with Crippen LogP contribution in [0.15, 0.2) is 42.5 Å². The fourth-order valence-electron chi connectivity index (χ4n) is 4.29. The van der Waals surface area contributed by atoms with E-state index in [0.717, 1.165) is 22.4 Å². The van der Waals surface area contributed by atoms with Crippen LogP contribution in [0.1, 0.15) is 61.1 Å². The van der Waals surface area contributed by atoms with Gasteiger partial charge in [-0.15, -0.1) is 0 Å². The van der Waals surface area contributed by atoms with E-state index in [4.69, 9.17) is 14.2 Å². The molecular formula is C26H27NO5. The number of hydrogen-bond acceptors (Lipinski definition) is 5. The number of hydrogen-bond donors (Lipinski definition) is 1. The highest BCUT2D eigenvalue weighted by molar-refractivity contribution is 6.03. The number of aryl methyl sites for hydroxylation is 1. The van der Waals surface area contributed by atoms with Crippen LogP contribution in [-0.4, -0.2) is 31.0 Å². The Kier molecular flexibility index (Phi) is 6.04. The molecule has 0 amide bonds. The number of aromatic amines is 1. The van der Waals surface area contributed by atoms with Crippen LogP contribution in [0.3, 0.4) is 0 Å². The Bertz CT molecular complexity index is 1160. The number of Topliss-reactive ketones (excluding diaryl/α,β-unsaturated/α-hetero) is 1. The van der Waals surface area contributed by atoms with Gasteiger partial charge in [0.1, 0.15) is 12.3 Å². The molecule has 2 aromatic carbocycles. The van der Waals surface area contributed by atoms with Crippen molar-refractivity contribution in [1.82, 2.24) is 4.98 Å². The average molecular weight is 434 g/mol. The monoisotopic (exact) mass is 433 g/mol. The van der Waals surface area contributed by atoms with Gasteiger partial charge in [-0.2, -0.15) is 0 Å². The Morgan fingerprint density at radius 2 is 1.72 bits per heavy atom. The lowest BCUT2D eigenvalue weighted by Crippen LogP contribution is -2.18. The Morgan fingerprint density at radius 3 is 2.41 bits per heavy atom. The van der Waals surface area contributed by atoms with Gasteiger partial charge >= 0.3 is 5.97 Å².